The highest BCUT2D eigenvalue weighted by Gasteiger charge is 2.16. The van der Waals surface area contributed by atoms with Gasteiger partial charge in [-0.3, -0.25) is 0 Å². The van der Waals surface area contributed by atoms with E-state index >= 15 is 0 Å². The summed E-state index contributed by atoms with van der Waals surface area (Å²) in [6.07, 6.45) is 0. The Morgan fingerprint density at radius 1 is 1.07 bits per heavy atom. The molecule has 0 fully saturated rings. The number of rotatable bonds is 7. The summed E-state index contributed by atoms with van der Waals surface area (Å²) in [4.78, 5) is 4.41. The van der Waals surface area contributed by atoms with Crippen molar-refractivity contribution in [3.8, 4) is 11.5 Å². The SMILES string of the molecule is NCc1cccc(CN=C(N)Nc2c(Oc3ccccc3Cl)cccc2S(=O)O)c1. The van der Waals surface area contributed by atoms with E-state index in [1.165, 1.54) is 6.07 Å². The predicted octanol–water partition coefficient (Wildman–Crippen LogP) is 4.10. The molecule has 0 heterocycles. The maximum absolute atomic E-state index is 11.8. The molecular weight excluding hydrogens is 424 g/mol. The summed E-state index contributed by atoms with van der Waals surface area (Å²) in [5, 5.41) is 3.28. The highest BCUT2D eigenvalue weighted by Crippen LogP contribution is 2.36. The Bertz CT molecular complexity index is 1090. The van der Waals surface area contributed by atoms with Gasteiger partial charge in [0.1, 0.15) is 11.4 Å². The van der Waals surface area contributed by atoms with Crippen LogP contribution in [0.15, 0.2) is 76.6 Å². The van der Waals surface area contributed by atoms with Crippen molar-refractivity contribution in [1.82, 2.24) is 0 Å². The van der Waals surface area contributed by atoms with Crippen molar-refractivity contribution in [3.63, 3.8) is 0 Å². The smallest absolute Gasteiger partial charge is 0.193 e. The third kappa shape index (κ3) is 5.58. The summed E-state index contributed by atoms with van der Waals surface area (Å²) >= 11 is 3.89. The molecule has 0 saturated heterocycles. The van der Waals surface area contributed by atoms with E-state index in [-0.39, 0.29) is 22.3 Å². The first-order chi connectivity index (χ1) is 14.5. The van der Waals surface area contributed by atoms with Crippen molar-refractivity contribution >= 4 is 34.3 Å². The monoisotopic (exact) mass is 444 g/mol. The topological polar surface area (TPSA) is 123 Å². The van der Waals surface area contributed by atoms with Gasteiger partial charge in [-0.1, -0.05) is 54.1 Å². The molecule has 0 radical (unpaired) electrons. The minimum atomic E-state index is -2.27. The predicted molar refractivity (Wildman–Crippen MR) is 120 cm³/mol. The third-order valence-corrected chi connectivity index (χ3v) is 5.17. The van der Waals surface area contributed by atoms with Gasteiger partial charge in [0, 0.05) is 6.54 Å². The van der Waals surface area contributed by atoms with Gasteiger partial charge in [0.25, 0.3) is 0 Å². The Labute approximate surface area is 182 Å². The van der Waals surface area contributed by atoms with Crippen LogP contribution in [0.5, 0.6) is 11.5 Å². The third-order valence-electron chi connectivity index (χ3n) is 4.14. The Hall–Kier alpha value is -2.91. The number of benzene rings is 3. The molecule has 1 unspecified atom stereocenters. The average molecular weight is 445 g/mol. The average Bonchev–Trinajstić information content (AvgIpc) is 2.75. The molecule has 0 bridgehead atoms. The van der Waals surface area contributed by atoms with Crippen LogP contribution >= 0.6 is 11.6 Å². The second-order valence-corrected chi connectivity index (χ2v) is 7.61. The number of nitrogens with one attached hydrogen (secondary N) is 1. The van der Waals surface area contributed by atoms with Gasteiger partial charge in [-0.05, 0) is 35.4 Å². The van der Waals surface area contributed by atoms with Crippen LogP contribution in [0.25, 0.3) is 0 Å². The van der Waals surface area contributed by atoms with Gasteiger partial charge in [-0.15, -0.1) is 0 Å². The van der Waals surface area contributed by atoms with Crippen LogP contribution in [0.1, 0.15) is 11.1 Å². The quantitative estimate of drug-likeness (QED) is 0.247. The van der Waals surface area contributed by atoms with Crippen LogP contribution in [-0.4, -0.2) is 14.7 Å². The highest BCUT2D eigenvalue weighted by atomic mass is 35.5. The van der Waals surface area contributed by atoms with Crippen molar-refractivity contribution in [3.05, 3.63) is 82.9 Å². The summed E-state index contributed by atoms with van der Waals surface area (Å²) in [5.74, 6) is 0.749. The van der Waals surface area contributed by atoms with E-state index in [4.69, 9.17) is 27.8 Å². The van der Waals surface area contributed by atoms with Crippen molar-refractivity contribution in [1.29, 1.82) is 0 Å². The molecule has 7 nitrogen and oxygen atoms in total. The van der Waals surface area contributed by atoms with Crippen molar-refractivity contribution in [2.75, 3.05) is 5.32 Å². The first-order valence-corrected chi connectivity index (χ1v) is 10.5. The second-order valence-electron chi connectivity index (χ2n) is 6.26. The fraction of sp³-hybridized carbons (Fsp3) is 0.0952. The molecule has 0 spiro atoms. The van der Waals surface area contributed by atoms with Gasteiger partial charge >= 0.3 is 0 Å². The molecule has 0 amide bonds. The van der Waals surface area contributed by atoms with E-state index in [1.807, 2.05) is 24.3 Å². The Morgan fingerprint density at radius 2 is 1.77 bits per heavy atom. The fourth-order valence-electron chi connectivity index (χ4n) is 2.71. The number of guanidine groups is 1. The minimum Gasteiger partial charge on any atom is -0.454 e. The molecule has 0 saturated carbocycles. The van der Waals surface area contributed by atoms with E-state index in [2.05, 4.69) is 10.3 Å². The van der Waals surface area contributed by atoms with Gasteiger partial charge in [-0.2, -0.15) is 0 Å². The number of halogens is 1. The summed E-state index contributed by atoms with van der Waals surface area (Å²) in [6.45, 7) is 0.751. The molecule has 3 rings (SSSR count). The number of para-hydroxylation sites is 2. The molecule has 1 atom stereocenters. The maximum Gasteiger partial charge on any atom is 0.193 e. The van der Waals surface area contributed by atoms with Crippen molar-refractivity contribution < 1.29 is 13.5 Å². The van der Waals surface area contributed by atoms with Crippen LogP contribution in [-0.2, 0) is 24.2 Å². The van der Waals surface area contributed by atoms with Gasteiger partial charge < -0.3 is 26.1 Å². The van der Waals surface area contributed by atoms with Gasteiger partial charge in [-0.25, -0.2) is 9.20 Å². The first-order valence-electron chi connectivity index (χ1n) is 8.99. The minimum absolute atomic E-state index is 0.0649. The largest absolute Gasteiger partial charge is 0.454 e. The standard InChI is InChI=1S/C21H21ClN4O3S/c22-16-7-1-2-8-17(16)29-18-9-4-10-19(30(27)28)20(18)26-21(24)25-13-15-6-3-5-14(11-15)12-23/h1-11H,12-13,23H2,(H,27,28)(H3,24,25,26). The molecule has 0 aliphatic heterocycles. The lowest BCUT2D eigenvalue weighted by Crippen LogP contribution is -2.24. The fourth-order valence-corrected chi connectivity index (χ4v) is 3.41. The molecule has 9 heteroatoms. The van der Waals surface area contributed by atoms with Crippen LogP contribution < -0.4 is 21.5 Å². The summed E-state index contributed by atoms with van der Waals surface area (Å²) in [7, 11) is 0. The van der Waals surface area contributed by atoms with Crippen LogP contribution in [0.2, 0.25) is 5.02 Å². The van der Waals surface area contributed by atoms with E-state index in [0.717, 1.165) is 11.1 Å². The number of nitrogens with zero attached hydrogens (tertiary/aromatic N) is 1. The van der Waals surface area contributed by atoms with E-state index in [0.29, 0.717) is 23.9 Å². The van der Waals surface area contributed by atoms with Crippen molar-refractivity contribution in [2.24, 2.45) is 16.5 Å². The first kappa shape index (κ1) is 21.8. The molecular formula is C21H21ClN4O3S. The second kappa shape index (κ2) is 10.2. The molecule has 0 aliphatic rings. The molecule has 30 heavy (non-hydrogen) atoms. The van der Waals surface area contributed by atoms with Crippen molar-refractivity contribution in [2.45, 2.75) is 18.0 Å². The highest BCUT2D eigenvalue weighted by molar-refractivity contribution is 7.79. The van der Waals surface area contributed by atoms with Crippen LogP contribution in [0.3, 0.4) is 0 Å². The normalized spacial score (nSPS) is 12.4. The summed E-state index contributed by atoms with van der Waals surface area (Å²) in [5.41, 5.74) is 13.9. The number of ether oxygens (including phenoxy) is 1. The van der Waals surface area contributed by atoms with Gasteiger partial charge in [0.2, 0.25) is 0 Å². The Morgan fingerprint density at radius 3 is 2.50 bits per heavy atom. The van der Waals surface area contributed by atoms with Gasteiger partial charge in [0.05, 0.1) is 16.5 Å². The van der Waals surface area contributed by atoms with E-state index < -0.39 is 11.1 Å². The summed E-state index contributed by atoms with van der Waals surface area (Å²) < 4.78 is 27.4. The molecule has 6 N–H and O–H groups in total. The number of anilines is 1. The molecule has 0 aromatic heterocycles. The lowest BCUT2D eigenvalue weighted by atomic mass is 10.1. The number of hydrogen-bond acceptors (Lipinski definition) is 4. The van der Waals surface area contributed by atoms with Crippen LogP contribution in [0.4, 0.5) is 5.69 Å². The molecule has 3 aromatic rings. The number of nitrogens with two attached hydrogens (primary N) is 2. The number of hydrogen-bond donors (Lipinski definition) is 4. The molecule has 156 valence electrons. The zero-order valence-corrected chi connectivity index (χ0v) is 17.5. The lowest BCUT2D eigenvalue weighted by Gasteiger charge is -2.16. The number of aliphatic imine (C=N–C) groups is 1. The van der Waals surface area contributed by atoms with E-state index in [1.54, 1.807) is 36.4 Å². The maximum atomic E-state index is 11.8. The molecule has 0 aliphatic carbocycles. The van der Waals surface area contributed by atoms with Gasteiger partial charge in [0.15, 0.2) is 22.8 Å². The lowest BCUT2D eigenvalue weighted by molar-refractivity contribution is 0.483. The Balaban J connectivity index is 1.87. The van der Waals surface area contributed by atoms with Crippen LogP contribution in [0, 0.1) is 0 Å². The van der Waals surface area contributed by atoms with E-state index in [9.17, 15) is 8.76 Å². The zero-order chi connectivity index (χ0) is 21.5. The molecule has 3 aromatic carbocycles. The summed E-state index contributed by atoms with van der Waals surface area (Å²) in [6, 6.07) is 19.3. The zero-order valence-electron chi connectivity index (χ0n) is 15.9. The Kier molecular flexibility index (Phi) is 7.42.